The van der Waals surface area contributed by atoms with E-state index in [9.17, 15) is 19.2 Å². The number of hydrogen-bond acceptors (Lipinski definition) is 7. The molecule has 1 fully saturated rings. The van der Waals surface area contributed by atoms with E-state index in [0.717, 1.165) is 35.7 Å². The lowest BCUT2D eigenvalue weighted by Crippen LogP contribution is -2.59. The van der Waals surface area contributed by atoms with Crippen LogP contribution in [0.15, 0.2) is 30.5 Å². The minimum atomic E-state index is -0.743. The standard InChI is InChI=1S/C40H66N6O6/c1-12-26(6)36(45(9)40(50)35(25(4)5)44-39(49)34(41-8)24(2)3)32(51-10)22-33(47)46-21-15-18-31(46)37(52-11)27(7)38(48)42-20-19-28-23-43-30-17-14-13-16-29(28)30/h13-14,16-17,23-27,31-32,34-37,41,43H,12,15,18-22H2,1-11H3,(H,42,48)(H,44,49)/t26-,27+,31-,32+,34-,35-,36-,37+/m0/s1. The van der Waals surface area contributed by atoms with Gasteiger partial charge in [-0.25, -0.2) is 0 Å². The van der Waals surface area contributed by atoms with Crippen LogP contribution in [0.4, 0.5) is 0 Å². The van der Waals surface area contributed by atoms with Crippen molar-refractivity contribution >= 4 is 34.5 Å². The molecule has 0 unspecified atom stereocenters. The third kappa shape index (κ3) is 10.3. The van der Waals surface area contributed by atoms with Gasteiger partial charge in [0, 0.05) is 51.5 Å². The Hall–Kier alpha value is -3.48. The van der Waals surface area contributed by atoms with E-state index in [0.29, 0.717) is 19.5 Å². The number of ether oxygens (including phenoxy) is 2. The predicted molar refractivity (Wildman–Crippen MR) is 206 cm³/mol. The largest absolute Gasteiger partial charge is 0.379 e. The van der Waals surface area contributed by atoms with Gasteiger partial charge in [-0.15, -0.1) is 0 Å². The van der Waals surface area contributed by atoms with E-state index in [2.05, 4.69) is 40.8 Å². The molecule has 4 amide bonds. The van der Waals surface area contributed by atoms with E-state index in [1.807, 2.05) is 63.9 Å². The van der Waals surface area contributed by atoms with Crippen LogP contribution in [0.25, 0.3) is 10.9 Å². The molecule has 8 atom stereocenters. The highest BCUT2D eigenvalue weighted by atomic mass is 16.5. The molecule has 0 saturated carbocycles. The fraction of sp³-hybridized carbons (Fsp3) is 0.700. The number of fused-ring (bicyclic) bond motifs is 1. The lowest BCUT2D eigenvalue weighted by atomic mass is 9.89. The number of aromatic nitrogens is 1. The van der Waals surface area contributed by atoms with Gasteiger partial charge in [-0.3, -0.25) is 19.2 Å². The van der Waals surface area contributed by atoms with E-state index < -0.39 is 36.3 Å². The Morgan fingerprint density at radius 3 is 2.25 bits per heavy atom. The SMILES string of the molecule is CC[C@H](C)[C@@H]([C@@H](CC(=O)N1CCC[C@H]1[C@H](OC)[C@@H](C)C(=O)NCCc1c[nH]c2ccccc12)OC)N(C)C(=O)[C@@H](NC(=O)[C@@H](NC)C(C)C)C(C)C. The summed E-state index contributed by atoms with van der Waals surface area (Å²) < 4.78 is 12.0. The molecule has 0 aliphatic carbocycles. The Morgan fingerprint density at radius 1 is 0.981 bits per heavy atom. The summed E-state index contributed by atoms with van der Waals surface area (Å²) in [6, 6.07) is 6.24. The first-order chi connectivity index (χ1) is 24.7. The third-order valence-electron chi connectivity index (χ3n) is 11.1. The van der Waals surface area contributed by atoms with Crippen LogP contribution in [0.1, 0.15) is 79.7 Å². The van der Waals surface area contributed by atoms with Gasteiger partial charge < -0.3 is 40.2 Å². The van der Waals surface area contributed by atoms with Crippen molar-refractivity contribution < 1.29 is 28.7 Å². The van der Waals surface area contributed by atoms with E-state index >= 15 is 0 Å². The summed E-state index contributed by atoms with van der Waals surface area (Å²) in [4.78, 5) is 61.6. The number of hydrogen-bond donors (Lipinski definition) is 4. The third-order valence-corrected chi connectivity index (χ3v) is 11.1. The highest BCUT2D eigenvalue weighted by Crippen LogP contribution is 2.30. The number of carbonyl (C=O) groups excluding carboxylic acids is 4. The number of nitrogens with one attached hydrogen (secondary N) is 4. The number of likely N-dealkylation sites (N-methyl/N-ethyl adjacent to an activating group) is 2. The van der Waals surface area contributed by atoms with Gasteiger partial charge in [0.05, 0.1) is 42.7 Å². The van der Waals surface area contributed by atoms with Crippen LogP contribution < -0.4 is 16.0 Å². The topological polar surface area (TPSA) is 145 Å². The van der Waals surface area contributed by atoms with Crippen LogP contribution in [-0.2, 0) is 35.1 Å². The summed E-state index contributed by atoms with van der Waals surface area (Å²) in [5, 5.41) is 10.3. The zero-order chi connectivity index (χ0) is 38.7. The minimum Gasteiger partial charge on any atom is -0.379 e. The summed E-state index contributed by atoms with van der Waals surface area (Å²) in [7, 11) is 6.66. The van der Waals surface area contributed by atoms with Gasteiger partial charge in [0.2, 0.25) is 23.6 Å². The summed E-state index contributed by atoms with van der Waals surface area (Å²) in [5.41, 5.74) is 2.22. The summed E-state index contributed by atoms with van der Waals surface area (Å²) in [5.74, 6) is -1.24. The molecule has 2 heterocycles. The Kier molecular flexibility index (Phi) is 16.6. The van der Waals surface area contributed by atoms with Gasteiger partial charge >= 0.3 is 0 Å². The fourth-order valence-electron chi connectivity index (χ4n) is 7.87. The number of rotatable bonds is 20. The van der Waals surface area contributed by atoms with Crippen LogP contribution in [0.5, 0.6) is 0 Å². The number of benzene rings is 1. The van der Waals surface area contributed by atoms with Crippen molar-refractivity contribution in [3.63, 3.8) is 0 Å². The van der Waals surface area contributed by atoms with Crippen molar-refractivity contribution in [2.45, 2.75) is 117 Å². The van der Waals surface area contributed by atoms with Gasteiger partial charge in [-0.1, -0.05) is 73.1 Å². The number of carbonyl (C=O) groups is 4. The van der Waals surface area contributed by atoms with E-state index in [-0.39, 0.29) is 53.8 Å². The number of likely N-dealkylation sites (tertiary alicyclic amines) is 1. The first-order valence-corrected chi connectivity index (χ1v) is 19.1. The zero-order valence-electron chi connectivity index (χ0n) is 33.5. The molecule has 1 saturated heterocycles. The normalized spacial score (nSPS) is 18.9. The first kappa shape index (κ1) is 42.9. The molecule has 1 aromatic heterocycles. The smallest absolute Gasteiger partial charge is 0.245 e. The Morgan fingerprint density at radius 2 is 1.65 bits per heavy atom. The molecule has 0 radical (unpaired) electrons. The molecule has 3 rings (SSSR count). The summed E-state index contributed by atoms with van der Waals surface area (Å²) in [6.07, 6.45) is 3.95. The monoisotopic (exact) mass is 727 g/mol. The Balaban J connectivity index is 1.71. The molecular weight excluding hydrogens is 660 g/mol. The molecule has 2 aromatic rings. The predicted octanol–water partition coefficient (Wildman–Crippen LogP) is 4.13. The van der Waals surface area contributed by atoms with Gasteiger partial charge in [-0.05, 0) is 55.7 Å². The van der Waals surface area contributed by atoms with Crippen LogP contribution in [0, 0.1) is 23.7 Å². The molecule has 0 bridgehead atoms. The second-order valence-electron chi connectivity index (χ2n) is 15.2. The number of para-hydroxylation sites is 1. The molecule has 0 spiro atoms. The number of methoxy groups -OCH3 is 2. The highest BCUT2D eigenvalue weighted by molar-refractivity contribution is 5.90. The van der Waals surface area contributed by atoms with Crippen LogP contribution in [0.3, 0.4) is 0 Å². The minimum absolute atomic E-state index is 0.00464. The quantitative estimate of drug-likeness (QED) is 0.161. The Bertz CT molecular complexity index is 1460. The molecule has 1 aromatic carbocycles. The average molecular weight is 727 g/mol. The number of H-pyrrole nitrogens is 1. The van der Waals surface area contributed by atoms with Gasteiger partial charge in [0.25, 0.3) is 0 Å². The summed E-state index contributed by atoms with van der Waals surface area (Å²) in [6.45, 7) is 14.8. The van der Waals surface area contributed by atoms with Gasteiger partial charge in [0.15, 0.2) is 0 Å². The van der Waals surface area contributed by atoms with Crippen LogP contribution in [-0.4, -0.2) is 116 Å². The molecular formula is C40H66N6O6. The second kappa shape index (κ2) is 20.1. The van der Waals surface area contributed by atoms with E-state index in [1.165, 1.54) is 0 Å². The molecule has 4 N–H and O–H groups in total. The second-order valence-corrected chi connectivity index (χ2v) is 15.2. The van der Waals surface area contributed by atoms with Crippen LogP contribution in [0.2, 0.25) is 0 Å². The average Bonchev–Trinajstić information content (AvgIpc) is 3.77. The molecule has 12 heteroatoms. The lowest BCUT2D eigenvalue weighted by Gasteiger charge is -2.41. The number of nitrogens with zero attached hydrogens (tertiary/aromatic N) is 2. The molecule has 52 heavy (non-hydrogen) atoms. The number of amides is 4. The van der Waals surface area contributed by atoms with Crippen LogP contribution >= 0.6 is 0 Å². The Labute approximate surface area is 311 Å². The molecule has 1 aliphatic rings. The first-order valence-electron chi connectivity index (χ1n) is 19.1. The van der Waals surface area contributed by atoms with Crippen molar-refractivity contribution in [2.75, 3.05) is 41.4 Å². The lowest BCUT2D eigenvalue weighted by molar-refractivity contribution is -0.147. The van der Waals surface area contributed by atoms with Crippen molar-refractivity contribution in [3.05, 3.63) is 36.0 Å². The maximum Gasteiger partial charge on any atom is 0.245 e. The summed E-state index contributed by atoms with van der Waals surface area (Å²) >= 11 is 0. The maximum absolute atomic E-state index is 14.1. The molecule has 12 nitrogen and oxygen atoms in total. The van der Waals surface area contributed by atoms with Gasteiger partial charge in [-0.2, -0.15) is 0 Å². The molecule has 1 aliphatic heterocycles. The fourth-order valence-corrected chi connectivity index (χ4v) is 7.87. The van der Waals surface area contributed by atoms with Crippen molar-refractivity contribution in [2.24, 2.45) is 23.7 Å². The van der Waals surface area contributed by atoms with Gasteiger partial charge in [0.1, 0.15) is 6.04 Å². The molecule has 292 valence electrons. The maximum atomic E-state index is 14.1. The van der Waals surface area contributed by atoms with Crippen molar-refractivity contribution in [1.82, 2.24) is 30.7 Å². The number of aromatic amines is 1. The van der Waals surface area contributed by atoms with Crippen molar-refractivity contribution in [3.8, 4) is 0 Å². The van der Waals surface area contributed by atoms with Crippen molar-refractivity contribution in [1.29, 1.82) is 0 Å². The van der Waals surface area contributed by atoms with E-state index in [1.54, 1.807) is 33.2 Å². The van der Waals surface area contributed by atoms with E-state index in [4.69, 9.17) is 9.47 Å². The highest BCUT2D eigenvalue weighted by Gasteiger charge is 2.43. The zero-order valence-corrected chi connectivity index (χ0v) is 33.5.